The first-order valence-electron chi connectivity index (χ1n) is 10.8. The Balaban J connectivity index is 1.72. The van der Waals surface area contributed by atoms with Crippen molar-refractivity contribution < 1.29 is 9.13 Å². The van der Waals surface area contributed by atoms with Gasteiger partial charge in [-0.25, -0.2) is 14.4 Å². The van der Waals surface area contributed by atoms with E-state index in [0.717, 1.165) is 17.0 Å². The predicted molar refractivity (Wildman–Crippen MR) is 130 cm³/mol. The first-order chi connectivity index (χ1) is 16.3. The average molecular weight is 479 g/mol. The molecule has 0 atom stereocenters. The number of nitrogens with zero attached hydrogens (tertiary/aromatic N) is 4. The summed E-state index contributed by atoms with van der Waals surface area (Å²) >= 11 is 6.47. The number of hydrogen-bond donors (Lipinski definition) is 0. The Morgan fingerprint density at radius 3 is 2.44 bits per heavy atom. The minimum atomic E-state index is -0.401. The molecule has 8 heteroatoms. The van der Waals surface area contributed by atoms with Crippen LogP contribution in [0.15, 0.2) is 59.7 Å². The van der Waals surface area contributed by atoms with Crippen molar-refractivity contribution in [2.45, 2.75) is 40.2 Å². The van der Waals surface area contributed by atoms with Gasteiger partial charge in [0.1, 0.15) is 29.0 Å². The summed E-state index contributed by atoms with van der Waals surface area (Å²) in [4.78, 5) is 26.6. The summed E-state index contributed by atoms with van der Waals surface area (Å²) < 4.78 is 20.6. The molecule has 0 saturated heterocycles. The molecule has 0 radical (unpaired) electrons. The smallest absolute Gasteiger partial charge is 0.277 e. The van der Waals surface area contributed by atoms with Gasteiger partial charge in [-0.1, -0.05) is 37.6 Å². The molecular weight excluding hydrogens is 455 g/mol. The maximum absolute atomic E-state index is 13.3. The molecule has 4 aromatic rings. The lowest BCUT2D eigenvalue weighted by atomic mass is 10.1. The highest BCUT2D eigenvalue weighted by Gasteiger charge is 2.19. The van der Waals surface area contributed by atoms with Crippen molar-refractivity contribution in [1.82, 2.24) is 19.5 Å². The van der Waals surface area contributed by atoms with E-state index in [-0.39, 0.29) is 23.4 Å². The number of ether oxygens (including phenoxy) is 1. The first-order valence-corrected chi connectivity index (χ1v) is 11.2. The van der Waals surface area contributed by atoms with Gasteiger partial charge in [-0.2, -0.15) is 0 Å². The Morgan fingerprint density at radius 2 is 1.74 bits per heavy atom. The fraction of sp³-hybridized carbons (Fsp3) is 0.231. The largest absolute Gasteiger partial charge is 0.487 e. The van der Waals surface area contributed by atoms with Crippen LogP contribution in [0.3, 0.4) is 0 Å². The number of rotatable bonds is 6. The maximum atomic E-state index is 13.3. The molecule has 0 N–H and O–H groups in total. The number of benzene rings is 1. The molecule has 4 rings (SSSR count). The zero-order valence-electron chi connectivity index (χ0n) is 19.3. The van der Waals surface area contributed by atoms with E-state index in [1.807, 2.05) is 27.7 Å². The van der Waals surface area contributed by atoms with Gasteiger partial charge in [-0.15, -0.1) is 0 Å². The van der Waals surface area contributed by atoms with Gasteiger partial charge >= 0.3 is 0 Å². The third kappa shape index (κ3) is 4.70. The molecule has 0 unspecified atom stereocenters. The van der Waals surface area contributed by atoms with Crippen LogP contribution >= 0.6 is 11.6 Å². The second-order valence-electron chi connectivity index (χ2n) is 8.26. The first kappa shape index (κ1) is 23.6. The van der Waals surface area contributed by atoms with E-state index in [9.17, 15) is 9.18 Å². The highest BCUT2D eigenvalue weighted by molar-refractivity contribution is 6.32. The lowest BCUT2D eigenvalue weighted by molar-refractivity contribution is 0.302. The van der Waals surface area contributed by atoms with Crippen LogP contribution in [0.5, 0.6) is 5.75 Å². The van der Waals surface area contributed by atoms with Crippen LogP contribution in [0, 0.1) is 19.7 Å². The molecule has 3 aromatic heterocycles. The van der Waals surface area contributed by atoms with Gasteiger partial charge in [0.15, 0.2) is 0 Å². The average Bonchev–Trinajstić information content (AvgIpc) is 2.84. The van der Waals surface area contributed by atoms with E-state index >= 15 is 0 Å². The Hall–Kier alpha value is -3.58. The van der Waals surface area contributed by atoms with Crippen molar-refractivity contribution in [2.24, 2.45) is 0 Å². The number of aromatic nitrogens is 4. The van der Waals surface area contributed by atoms with Gasteiger partial charge < -0.3 is 4.74 Å². The minimum absolute atomic E-state index is 0.0206. The Kier molecular flexibility index (Phi) is 6.75. The lowest BCUT2D eigenvalue weighted by Crippen LogP contribution is -2.23. The topological polar surface area (TPSA) is 69.9 Å². The van der Waals surface area contributed by atoms with E-state index < -0.39 is 5.56 Å². The SMILES string of the molecule is Cc1c(OCc2ccc(F)cc2)c(Cl)c(=O)n(-c2ccnc(-c3ccnc(C(C)C)n3)c2)c1C. The molecule has 0 saturated carbocycles. The number of halogens is 2. The van der Waals surface area contributed by atoms with Crippen LogP contribution < -0.4 is 10.3 Å². The monoisotopic (exact) mass is 478 g/mol. The predicted octanol–water partition coefficient (Wildman–Crippen LogP) is 5.80. The van der Waals surface area contributed by atoms with E-state index in [2.05, 4.69) is 15.0 Å². The Bertz CT molecular complexity index is 1400. The molecule has 1 aromatic carbocycles. The number of pyridine rings is 2. The van der Waals surface area contributed by atoms with Crippen molar-refractivity contribution in [2.75, 3.05) is 0 Å². The summed E-state index contributed by atoms with van der Waals surface area (Å²) in [6.07, 6.45) is 3.34. The third-order valence-corrected chi connectivity index (χ3v) is 5.89. The fourth-order valence-electron chi connectivity index (χ4n) is 3.56. The molecule has 0 fully saturated rings. The van der Waals surface area contributed by atoms with Crippen molar-refractivity contribution >= 4 is 11.6 Å². The van der Waals surface area contributed by atoms with Crippen LogP contribution in [0.2, 0.25) is 5.02 Å². The molecule has 34 heavy (non-hydrogen) atoms. The summed E-state index contributed by atoms with van der Waals surface area (Å²) in [5, 5.41) is -0.0206. The molecular formula is C26H24ClFN4O2. The third-order valence-electron chi connectivity index (χ3n) is 5.56. The molecule has 174 valence electrons. The minimum Gasteiger partial charge on any atom is -0.487 e. The zero-order valence-corrected chi connectivity index (χ0v) is 20.1. The molecule has 6 nitrogen and oxygen atoms in total. The maximum Gasteiger partial charge on any atom is 0.277 e. The zero-order chi connectivity index (χ0) is 24.4. The molecule has 0 bridgehead atoms. The van der Waals surface area contributed by atoms with Crippen LogP contribution in [0.25, 0.3) is 17.1 Å². The number of hydrogen-bond acceptors (Lipinski definition) is 5. The van der Waals surface area contributed by atoms with E-state index in [1.165, 1.54) is 16.7 Å². The molecule has 0 spiro atoms. The molecule has 0 amide bonds. The summed E-state index contributed by atoms with van der Waals surface area (Å²) in [6, 6.07) is 11.3. The Labute approximate surface area is 202 Å². The molecule has 0 aliphatic carbocycles. The quantitative estimate of drug-likeness (QED) is 0.350. The summed E-state index contributed by atoms with van der Waals surface area (Å²) in [7, 11) is 0. The lowest BCUT2D eigenvalue weighted by Gasteiger charge is -2.18. The van der Waals surface area contributed by atoms with Gasteiger partial charge in [0.25, 0.3) is 5.56 Å². The normalized spacial score (nSPS) is 11.1. The van der Waals surface area contributed by atoms with Gasteiger partial charge in [0, 0.05) is 29.6 Å². The Morgan fingerprint density at radius 1 is 1.03 bits per heavy atom. The van der Waals surface area contributed by atoms with Crippen molar-refractivity contribution in [3.63, 3.8) is 0 Å². The van der Waals surface area contributed by atoms with Crippen molar-refractivity contribution in [3.05, 3.63) is 98.7 Å². The molecule has 0 aliphatic heterocycles. The van der Waals surface area contributed by atoms with Crippen molar-refractivity contribution in [3.8, 4) is 22.8 Å². The summed E-state index contributed by atoms with van der Waals surface area (Å²) in [5.74, 6) is 0.892. The highest BCUT2D eigenvalue weighted by atomic mass is 35.5. The van der Waals surface area contributed by atoms with Gasteiger partial charge in [-0.05, 0) is 49.7 Å². The summed E-state index contributed by atoms with van der Waals surface area (Å²) in [6.45, 7) is 7.89. The van der Waals surface area contributed by atoms with Crippen LogP contribution in [0.1, 0.15) is 42.4 Å². The summed E-state index contributed by atoms with van der Waals surface area (Å²) in [5.41, 5.74) is 3.70. The second kappa shape index (κ2) is 9.73. The van der Waals surface area contributed by atoms with Gasteiger partial charge in [0.2, 0.25) is 0 Å². The molecule has 0 aliphatic rings. The standard InChI is InChI=1S/C26H24ClFN4O2/c1-15(2)25-30-12-10-21(31-25)22-13-20(9-11-29-22)32-17(4)16(3)24(23(27)26(32)33)34-14-18-5-7-19(28)8-6-18/h5-13,15H,14H2,1-4H3. The van der Waals surface area contributed by atoms with Crippen LogP contribution in [0.4, 0.5) is 4.39 Å². The fourth-order valence-corrected chi connectivity index (χ4v) is 3.84. The van der Waals surface area contributed by atoms with Gasteiger partial charge in [-0.3, -0.25) is 14.3 Å². The second-order valence-corrected chi connectivity index (χ2v) is 8.64. The van der Waals surface area contributed by atoms with Crippen LogP contribution in [-0.4, -0.2) is 19.5 Å². The van der Waals surface area contributed by atoms with E-state index in [4.69, 9.17) is 16.3 Å². The van der Waals surface area contributed by atoms with Crippen molar-refractivity contribution in [1.29, 1.82) is 0 Å². The van der Waals surface area contributed by atoms with E-state index in [0.29, 0.717) is 28.5 Å². The molecule has 3 heterocycles. The van der Waals surface area contributed by atoms with E-state index in [1.54, 1.807) is 42.7 Å². The van der Waals surface area contributed by atoms with Crippen LogP contribution in [-0.2, 0) is 6.61 Å². The van der Waals surface area contributed by atoms with Gasteiger partial charge in [0.05, 0.1) is 17.1 Å². The highest BCUT2D eigenvalue weighted by Crippen LogP contribution is 2.30.